The zero-order valence-electron chi connectivity index (χ0n) is 11.6. The van der Waals surface area contributed by atoms with E-state index in [4.69, 9.17) is 10.5 Å². The number of carbonyl (C=O) groups is 2. The third kappa shape index (κ3) is 6.01. The summed E-state index contributed by atoms with van der Waals surface area (Å²) in [6.07, 6.45) is 0. The Labute approximate surface area is 124 Å². The lowest BCUT2D eigenvalue weighted by Gasteiger charge is -2.10. The van der Waals surface area contributed by atoms with Crippen LogP contribution in [-0.2, 0) is 9.53 Å². The number of nitrogens with two attached hydrogens (primary N) is 1. The fourth-order valence-corrected chi connectivity index (χ4v) is 1.48. The van der Waals surface area contributed by atoms with Crippen LogP contribution in [0.2, 0.25) is 0 Å². The van der Waals surface area contributed by atoms with E-state index in [2.05, 4.69) is 10.6 Å². The molecule has 0 aliphatic carbocycles. The number of benzene rings is 1. The van der Waals surface area contributed by atoms with E-state index in [0.717, 1.165) is 5.56 Å². The number of halogens is 1. The summed E-state index contributed by atoms with van der Waals surface area (Å²) in [5.74, 6) is -0.699. The van der Waals surface area contributed by atoms with Crippen molar-refractivity contribution in [3.63, 3.8) is 0 Å². The number of nitrogens with one attached hydrogen (secondary N) is 2. The van der Waals surface area contributed by atoms with Gasteiger partial charge in [0, 0.05) is 24.9 Å². The summed E-state index contributed by atoms with van der Waals surface area (Å²) in [6, 6.07) is 4.95. The second-order valence-corrected chi connectivity index (χ2v) is 4.11. The van der Waals surface area contributed by atoms with Crippen LogP contribution in [0.4, 0.5) is 5.69 Å². The van der Waals surface area contributed by atoms with Crippen molar-refractivity contribution < 1.29 is 14.3 Å². The van der Waals surface area contributed by atoms with Gasteiger partial charge in [0.15, 0.2) is 0 Å². The van der Waals surface area contributed by atoms with Crippen LogP contribution in [0.3, 0.4) is 0 Å². The molecule has 1 aromatic rings. The largest absolute Gasteiger partial charge is 0.383 e. The molecule has 0 aliphatic rings. The standard InChI is InChI=1S/C13H19N3O3.ClH/c1-9-3-4-10(13(14)18)7-11(9)16-12(17)8-15-5-6-19-2;/h3-4,7,15H,5-6,8H2,1-2H3,(H2,14,18)(H,16,17);1H. The first-order valence-electron chi connectivity index (χ1n) is 5.94. The molecule has 0 aliphatic heterocycles. The predicted octanol–water partition coefficient (Wildman–Crippen LogP) is 0.690. The lowest BCUT2D eigenvalue weighted by molar-refractivity contribution is -0.115. The third-order valence-electron chi connectivity index (χ3n) is 2.56. The first kappa shape index (κ1) is 18.4. The number of methoxy groups -OCH3 is 1. The van der Waals surface area contributed by atoms with Crippen molar-refractivity contribution in [1.82, 2.24) is 5.32 Å². The Morgan fingerprint density at radius 3 is 2.65 bits per heavy atom. The SMILES string of the molecule is COCCNCC(=O)Nc1cc(C(N)=O)ccc1C.Cl. The molecule has 0 fully saturated rings. The molecule has 0 saturated carbocycles. The van der Waals surface area contributed by atoms with Gasteiger partial charge in [-0.05, 0) is 24.6 Å². The molecule has 6 nitrogen and oxygen atoms in total. The third-order valence-corrected chi connectivity index (χ3v) is 2.56. The van der Waals surface area contributed by atoms with Gasteiger partial charge in [-0.3, -0.25) is 9.59 Å². The van der Waals surface area contributed by atoms with Gasteiger partial charge in [0.05, 0.1) is 13.2 Å². The molecule has 7 heteroatoms. The maximum atomic E-state index is 11.7. The van der Waals surface area contributed by atoms with Crippen molar-refractivity contribution in [2.45, 2.75) is 6.92 Å². The first-order chi connectivity index (χ1) is 9.04. The number of anilines is 1. The molecule has 0 spiro atoms. The van der Waals surface area contributed by atoms with Gasteiger partial charge in [0.25, 0.3) is 0 Å². The Hall–Kier alpha value is -1.63. The molecule has 112 valence electrons. The van der Waals surface area contributed by atoms with E-state index >= 15 is 0 Å². The normalized spacial score (nSPS) is 9.70. The van der Waals surface area contributed by atoms with Gasteiger partial charge in [0.2, 0.25) is 11.8 Å². The van der Waals surface area contributed by atoms with Crippen LogP contribution >= 0.6 is 12.4 Å². The molecule has 0 aromatic heterocycles. The van der Waals surface area contributed by atoms with Crippen molar-refractivity contribution in [2.24, 2.45) is 5.73 Å². The number of rotatable bonds is 7. The van der Waals surface area contributed by atoms with Crippen LogP contribution in [0.1, 0.15) is 15.9 Å². The fraction of sp³-hybridized carbons (Fsp3) is 0.385. The Balaban J connectivity index is 0.00000361. The smallest absolute Gasteiger partial charge is 0.248 e. The summed E-state index contributed by atoms with van der Waals surface area (Å²) < 4.78 is 4.86. The highest BCUT2D eigenvalue weighted by atomic mass is 35.5. The molecular formula is C13H20ClN3O3. The van der Waals surface area contributed by atoms with Crippen LogP contribution in [0.5, 0.6) is 0 Å². The molecule has 0 saturated heterocycles. The van der Waals surface area contributed by atoms with Crippen LogP contribution in [0, 0.1) is 6.92 Å². The molecule has 1 aromatic carbocycles. The Morgan fingerprint density at radius 1 is 1.35 bits per heavy atom. The zero-order valence-corrected chi connectivity index (χ0v) is 12.4. The number of aryl methyl sites for hydroxylation is 1. The van der Waals surface area contributed by atoms with Crippen molar-refractivity contribution >= 4 is 29.9 Å². The van der Waals surface area contributed by atoms with Crippen molar-refractivity contribution in [1.29, 1.82) is 0 Å². The molecule has 0 heterocycles. The minimum absolute atomic E-state index is 0. The van der Waals surface area contributed by atoms with Crippen LogP contribution < -0.4 is 16.4 Å². The van der Waals surface area contributed by atoms with E-state index in [-0.39, 0.29) is 24.9 Å². The van der Waals surface area contributed by atoms with E-state index in [1.54, 1.807) is 25.3 Å². The molecule has 1 rings (SSSR count). The summed E-state index contributed by atoms with van der Waals surface area (Å²) >= 11 is 0. The topological polar surface area (TPSA) is 93.4 Å². The number of hydrogen-bond acceptors (Lipinski definition) is 4. The number of carbonyl (C=O) groups excluding carboxylic acids is 2. The molecule has 0 bridgehead atoms. The number of hydrogen-bond donors (Lipinski definition) is 3. The average Bonchev–Trinajstić information content (AvgIpc) is 2.37. The minimum Gasteiger partial charge on any atom is -0.383 e. The van der Waals surface area contributed by atoms with Gasteiger partial charge in [-0.1, -0.05) is 6.07 Å². The molecule has 2 amide bonds. The summed E-state index contributed by atoms with van der Waals surface area (Å²) in [5.41, 5.74) is 7.03. The van der Waals surface area contributed by atoms with E-state index in [9.17, 15) is 9.59 Å². The Kier molecular flexibility index (Phi) is 8.54. The zero-order chi connectivity index (χ0) is 14.3. The van der Waals surface area contributed by atoms with Gasteiger partial charge in [-0.25, -0.2) is 0 Å². The fourth-order valence-electron chi connectivity index (χ4n) is 1.48. The predicted molar refractivity (Wildman–Crippen MR) is 80.3 cm³/mol. The van der Waals surface area contributed by atoms with E-state index in [0.29, 0.717) is 24.4 Å². The van der Waals surface area contributed by atoms with E-state index in [1.165, 1.54) is 0 Å². The van der Waals surface area contributed by atoms with Gasteiger partial charge in [-0.2, -0.15) is 0 Å². The van der Waals surface area contributed by atoms with Crippen molar-refractivity contribution in [3.05, 3.63) is 29.3 Å². The molecule has 0 atom stereocenters. The number of primary amides is 1. The first-order valence-corrected chi connectivity index (χ1v) is 5.94. The lowest BCUT2D eigenvalue weighted by Crippen LogP contribution is -2.30. The highest BCUT2D eigenvalue weighted by Crippen LogP contribution is 2.16. The summed E-state index contributed by atoms with van der Waals surface area (Å²) in [7, 11) is 1.60. The monoisotopic (exact) mass is 301 g/mol. The maximum absolute atomic E-state index is 11.7. The highest BCUT2D eigenvalue weighted by molar-refractivity contribution is 5.97. The summed E-state index contributed by atoms with van der Waals surface area (Å²) in [5, 5.41) is 5.67. The van der Waals surface area contributed by atoms with Crippen LogP contribution in [-0.4, -0.2) is 38.6 Å². The average molecular weight is 302 g/mol. The van der Waals surface area contributed by atoms with Crippen LogP contribution in [0.15, 0.2) is 18.2 Å². The van der Waals surface area contributed by atoms with Gasteiger partial charge in [0.1, 0.15) is 0 Å². The number of amides is 2. The van der Waals surface area contributed by atoms with Crippen molar-refractivity contribution in [3.8, 4) is 0 Å². The quantitative estimate of drug-likeness (QED) is 0.646. The Bertz CT molecular complexity index is 466. The molecule has 0 unspecified atom stereocenters. The van der Waals surface area contributed by atoms with Crippen molar-refractivity contribution in [2.75, 3.05) is 32.1 Å². The van der Waals surface area contributed by atoms with E-state index in [1.807, 2.05) is 6.92 Å². The lowest BCUT2D eigenvalue weighted by atomic mass is 10.1. The molecular weight excluding hydrogens is 282 g/mol. The van der Waals surface area contributed by atoms with E-state index < -0.39 is 5.91 Å². The Morgan fingerprint density at radius 2 is 2.05 bits per heavy atom. The minimum atomic E-state index is -0.520. The van der Waals surface area contributed by atoms with Gasteiger partial charge < -0.3 is 21.1 Å². The van der Waals surface area contributed by atoms with Gasteiger partial charge in [-0.15, -0.1) is 12.4 Å². The highest BCUT2D eigenvalue weighted by Gasteiger charge is 2.07. The summed E-state index contributed by atoms with van der Waals surface area (Å²) in [6.45, 7) is 3.18. The maximum Gasteiger partial charge on any atom is 0.248 e. The summed E-state index contributed by atoms with van der Waals surface area (Å²) in [4.78, 5) is 22.8. The molecule has 0 radical (unpaired) electrons. The van der Waals surface area contributed by atoms with Gasteiger partial charge >= 0.3 is 0 Å². The molecule has 20 heavy (non-hydrogen) atoms. The number of ether oxygens (including phenoxy) is 1. The molecule has 4 N–H and O–H groups in total. The van der Waals surface area contributed by atoms with Crippen LogP contribution in [0.25, 0.3) is 0 Å². The second kappa shape index (κ2) is 9.30. The second-order valence-electron chi connectivity index (χ2n) is 4.11.